The first-order chi connectivity index (χ1) is 6.26. The van der Waals surface area contributed by atoms with E-state index < -0.39 is 0 Å². The minimum Gasteiger partial charge on any atom is -0.366 e. The predicted octanol–water partition coefficient (Wildman–Crippen LogP) is 1.37. The highest BCUT2D eigenvalue weighted by Crippen LogP contribution is 2.06. The Balaban J connectivity index is 2.58. The number of anilines is 1. The molecule has 0 aromatic carbocycles. The number of pyridine rings is 1. The monoisotopic (exact) mass is 183 g/mol. The van der Waals surface area contributed by atoms with Gasteiger partial charge in [-0.2, -0.15) is 0 Å². The molecule has 0 saturated carbocycles. The highest BCUT2D eigenvalue weighted by Gasteiger charge is 2.03. The van der Waals surface area contributed by atoms with E-state index in [4.69, 9.17) is 5.73 Å². The Labute approximate surface area is 77.2 Å². The van der Waals surface area contributed by atoms with E-state index in [1.165, 1.54) is 12.3 Å². The smallest absolute Gasteiger partial charge is 0.141 e. The summed E-state index contributed by atoms with van der Waals surface area (Å²) in [6.07, 6.45) is 2.11. The average Bonchev–Trinajstić information content (AvgIpc) is 2.17. The van der Waals surface area contributed by atoms with Crippen molar-refractivity contribution in [2.24, 2.45) is 5.73 Å². The van der Waals surface area contributed by atoms with Crippen LogP contribution in [0.3, 0.4) is 0 Å². The molecule has 0 spiro atoms. The third-order valence-electron chi connectivity index (χ3n) is 1.86. The van der Waals surface area contributed by atoms with Crippen molar-refractivity contribution < 1.29 is 4.39 Å². The Bertz CT molecular complexity index is 244. The average molecular weight is 183 g/mol. The van der Waals surface area contributed by atoms with Crippen molar-refractivity contribution in [2.75, 3.05) is 11.9 Å². The zero-order chi connectivity index (χ0) is 9.68. The molecule has 1 atom stereocenters. The van der Waals surface area contributed by atoms with E-state index in [0.29, 0.717) is 12.4 Å². The van der Waals surface area contributed by atoms with Gasteiger partial charge in [0.2, 0.25) is 0 Å². The second-order valence-electron chi connectivity index (χ2n) is 2.85. The van der Waals surface area contributed by atoms with Gasteiger partial charge in [-0.3, -0.25) is 0 Å². The van der Waals surface area contributed by atoms with Crippen LogP contribution in [0, 0.1) is 5.82 Å². The quantitative estimate of drug-likeness (QED) is 0.741. The Hall–Kier alpha value is -1.16. The van der Waals surface area contributed by atoms with E-state index in [9.17, 15) is 4.39 Å². The number of hydrogen-bond acceptors (Lipinski definition) is 3. The van der Waals surface area contributed by atoms with Crippen molar-refractivity contribution in [2.45, 2.75) is 19.4 Å². The van der Waals surface area contributed by atoms with Gasteiger partial charge in [0.1, 0.15) is 11.6 Å². The third-order valence-corrected chi connectivity index (χ3v) is 1.86. The van der Waals surface area contributed by atoms with E-state index in [-0.39, 0.29) is 11.9 Å². The first kappa shape index (κ1) is 9.92. The molecule has 0 aliphatic carbocycles. The summed E-state index contributed by atoms with van der Waals surface area (Å²) in [5.41, 5.74) is 5.50. The predicted molar refractivity (Wildman–Crippen MR) is 51.0 cm³/mol. The van der Waals surface area contributed by atoms with Crippen molar-refractivity contribution >= 4 is 5.82 Å². The molecule has 0 radical (unpaired) electrons. The molecule has 1 unspecified atom stereocenters. The van der Waals surface area contributed by atoms with Crippen molar-refractivity contribution in [1.82, 2.24) is 4.98 Å². The summed E-state index contributed by atoms with van der Waals surface area (Å²) in [6.45, 7) is 2.59. The van der Waals surface area contributed by atoms with Gasteiger partial charge in [-0.25, -0.2) is 9.37 Å². The fourth-order valence-corrected chi connectivity index (χ4v) is 0.998. The van der Waals surface area contributed by atoms with Crippen molar-refractivity contribution in [3.8, 4) is 0 Å². The van der Waals surface area contributed by atoms with Crippen LogP contribution in [0.4, 0.5) is 10.2 Å². The number of hydrogen-bond donors (Lipinski definition) is 2. The molecular formula is C9H14FN3. The van der Waals surface area contributed by atoms with Gasteiger partial charge in [0, 0.05) is 12.6 Å². The van der Waals surface area contributed by atoms with Gasteiger partial charge in [-0.1, -0.05) is 6.92 Å². The van der Waals surface area contributed by atoms with E-state index in [2.05, 4.69) is 10.3 Å². The molecule has 0 aliphatic rings. The fraction of sp³-hybridized carbons (Fsp3) is 0.444. The van der Waals surface area contributed by atoms with Crippen molar-refractivity contribution in [3.05, 3.63) is 24.1 Å². The standard InChI is InChI=1S/C9H14FN3/c1-2-8(5-11)13-9-4-3-7(10)6-12-9/h3-4,6,8H,2,5,11H2,1H3,(H,12,13). The third kappa shape index (κ3) is 2.99. The maximum absolute atomic E-state index is 12.5. The van der Waals surface area contributed by atoms with Gasteiger partial charge < -0.3 is 11.1 Å². The first-order valence-corrected chi connectivity index (χ1v) is 4.34. The molecule has 13 heavy (non-hydrogen) atoms. The molecule has 1 aromatic heterocycles. The zero-order valence-electron chi connectivity index (χ0n) is 7.63. The van der Waals surface area contributed by atoms with E-state index in [1.807, 2.05) is 6.92 Å². The molecule has 0 aliphatic heterocycles. The summed E-state index contributed by atoms with van der Waals surface area (Å²) in [5, 5.41) is 3.10. The maximum Gasteiger partial charge on any atom is 0.141 e. The Kier molecular flexibility index (Phi) is 3.64. The summed E-state index contributed by atoms with van der Waals surface area (Å²) in [7, 11) is 0. The second-order valence-corrected chi connectivity index (χ2v) is 2.85. The lowest BCUT2D eigenvalue weighted by Gasteiger charge is -2.14. The molecule has 3 nitrogen and oxygen atoms in total. The van der Waals surface area contributed by atoms with Crippen molar-refractivity contribution in [1.29, 1.82) is 0 Å². The number of halogens is 1. The van der Waals surface area contributed by atoms with Gasteiger partial charge in [0.05, 0.1) is 6.20 Å². The molecule has 0 bridgehead atoms. The zero-order valence-corrected chi connectivity index (χ0v) is 7.63. The van der Waals surface area contributed by atoms with Crippen LogP contribution in [-0.2, 0) is 0 Å². The summed E-state index contributed by atoms with van der Waals surface area (Å²) in [6, 6.07) is 3.18. The number of nitrogens with zero attached hydrogens (tertiary/aromatic N) is 1. The molecule has 4 heteroatoms. The lowest BCUT2D eigenvalue weighted by Crippen LogP contribution is -2.28. The van der Waals surface area contributed by atoms with Crippen LogP contribution in [0.25, 0.3) is 0 Å². The summed E-state index contributed by atoms with van der Waals surface area (Å²) in [5.74, 6) is 0.338. The highest BCUT2D eigenvalue weighted by atomic mass is 19.1. The van der Waals surface area contributed by atoms with E-state index in [1.54, 1.807) is 6.07 Å². The van der Waals surface area contributed by atoms with Crippen LogP contribution < -0.4 is 11.1 Å². The van der Waals surface area contributed by atoms with Gasteiger partial charge in [0.25, 0.3) is 0 Å². The number of aromatic nitrogens is 1. The lowest BCUT2D eigenvalue weighted by atomic mass is 10.2. The lowest BCUT2D eigenvalue weighted by molar-refractivity contribution is 0.620. The normalized spacial score (nSPS) is 12.5. The molecule has 1 aromatic rings. The van der Waals surface area contributed by atoms with Crippen LogP contribution in [0.15, 0.2) is 18.3 Å². The van der Waals surface area contributed by atoms with Gasteiger partial charge in [0.15, 0.2) is 0 Å². The van der Waals surface area contributed by atoms with Crippen LogP contribution in [0.2, 0.25) is 0 Å². The summed E-state index contributed by atoms with van der Waals surface area (Å²) >= 11 is 0. The largest absolute Gasteiger partial charge is 0.366 e. The minimum absolute atomic E-state index is 0.206. The van der Waals surface area contributed by atoms with Gasteiger partial charge in [-0.05, 0) is 18.6 Å². The van der Waals surface area contributed by atoms with E-state index >= 15 is 0 Å². The number of nitrogens with two attached hydrogens (primary N) is 1. The summed E-state index contributed by atoms with van der Waals surface area (Å²) < 4.78 is 12.5. The Morgan fingerprint density at radius 3 is 2.85 bits per heavy atom. The van der Waals surface area contributed by atoms with Gasteiger partial charge >= 0.3 is 0 Å². The SMILES string of the molecule is CCC(CN)Nc1ccc(F)cn1. The minimum atomic E-state index is -0.327. The Morgan fingerprint density at radius 2 is 2.38 bits per heavy atom. The van der Waals surface area contributed by atoms with Crippen LogP contribution in [0.1, 0.15) is 13.3 Å². The molecule has 3 N–H and O–H groups in total. The van der Waals surface area contributed by atoms with E-state index in [0.717, 1.165) is 6.42 Å². The molecule has 0 amide bonds. The maximum atomic E-state index is 12.5. The van der Waals surface area contributed by atoms with Gasteiger partial charge in [-0.15, -0.1) is 0 Å². The highest BCUT2D eigenvalue weighted by molar-refractivity contribution is 5.34. The molecule has 1 heterocycles. The number of rotatable bonds is 4. The molecule has 0 fully saturated rings. The van der Waals surface area contributed by atoms with Crippen LogP contribution in [0.5, 0.6) is 0 Å². The van der Waals surface area contributed by atoms with Crippen LogP contribution >= 0.6 is 0 Å². The topological polar surface area (TPSA) is 50.9 Å². The Morgan fingerprint density at radius 1 is 1.62 bits per heavy atom. The molecule has 72 valence electrons. The first-order valence-electron chi connectivity index (χ1n) is 4.34. The molecule has 0 saturated heterocycles. The molecule has 1 rings (SSSR count). The summed E-state index contributed by atoms with van der Waals surface area (Å²) in [4.78, 5) is 3.87. The van der Waals surface area contributed by atoms with Crippen LogP contribution in [-0.4, -0.2) is 17.6 Å². The second kappa shape index (κ2) is 4.77. The molecular weight excluding hydrogens is 169 g/mol. The fourth-order valence-electron chi connectivity index (χ4n) is 0.998. The number of nitrogens with one attached hydrogen (secondary N) is 1. The van der Waals surface area contributed by atoms with Crippen molar-refractivity contribution in [3.63, 3.8) is 0 Å².